The van der Waals surface area contributed by atoms with E-state index in [1.165, 1.54) is 9.75 Å². The van der Waals surface area contributed by atoms with Gasteiger partial charge in [-0.1, -0.05) is 19.1 Å². The van der Waals surface area contributed by atoms with Gasteiger partial charge in [-0.25, -0.2) is 0 Å². The van der Waals surface area contributed by atoms with Crippen LogP contribution in [0.15, 0.2) is 36.4 Å². The highest BCUT2D eigenvalue weighted by Crippen LogP contribution is 2.30. The fourth-order valence-corrected chi connectivity index (χ4v) is 3.21. The van der Waals surface area contributed by atoms with Crippen molar-refractivity contribution < 1.29 is 9.84 Å². The molecule has 2 rings (SSSR count). The standard InChI is InChI=1S/C16H20O2S/c1-4-14-8-9-15(19-14)11-16(2,17)12-6-5-7-13(10-12)18-3/h5-10,17H,4,11H2,1-3H3. The minimum Gasteiger partial charge on any atom is -0.497 e. The Labute approximate surface area is 118 Å². The highest BCUT2D eigenvalue weighted by molar-refractivity contribution is 7.12. The number of rotatable bonds is 5. The second-order valence-electron chi connectivity index (χ2n) is 4.90. The third-order valence-electron chi connectivity index (χ3n) is 3.28. The topological polar surface area (TPSA) is 29.5 Å². The Hall–Kier alpha value is -1.32. The molecule has 0 fully saturated rings. The lowest BCUT2D eigenvalue weighted by Crippen LogP contribution is -2.23. The van der Waals surface area contributed by atoms with Crippen LogP contribution in [0, 0.1) is 0 Å². The van der Waals surface area contributed by atoms with Crippen LogP contribution < -0.4 is 4.74 Å². The van der Waals surface area contributed by atoms with Crippen LogP contribution in [0.2, 0.25) is 0 Å². The van der Waals surface area contributed by atoms with E-state index in [-0.39, 0.29) is 0 Å². The first-order chi connectivity index (χ1) is 9.05. The minimum atomic E-state index is -0.871. The van der Waals surface area contributed by atoms with Crippen molar-refractivity contribution in [1.29, 1.82) is 0 Å². The van der Waals surface area contributed by atoms with Crippen molar-refractivity contribution in [2.45, 2.75) is 32.3 Å². The third-order valence-corrected chi connectivity index (χ3v) is 4.51. The molecule has 1 heterocycles. The van der Waals surface area contributed by atoms with Gasteiger partial charge >= 0.3 is 0 Å². The second kappa shape index (κ2) is 5.76. The molecule has 0 spiro atoms. The number of aryl methyl sites for hydroxylation is 1. The highest BCUT2D eigenvalue weighted by Gasteiger charge is 2.24. The summed E-state index contributed by atoms with van der Waals surface area (Å²) < 4.78 is 5.21. The lowest BCUT2D eigenvalue weighted by Gasteiger charge is -2.23. The van der Waals surface area contributed by atoms with E-state index in [2.05, 4.69) is 19.1 Å². The monoisotopic (exact) mass is 276 g/mol. The van der Waals surface area contributed by atoms with Crippen LogP contribution in [0.4, 0.5) is 0 Å². The van der Waals surface area contributed by atoms with Gasteiger partial charge in [-0.15, -0.1) is 11.3 Å². The fraction of sp³-hybridized carbons (Fsp3) is 0.375. The lowest BCUT2D eigenvalue weighted by molar-refractivity contribution is 0.0582. The molecule has 0 saturated heterocycles. The molecule has 19 heavy (non-hydrogen) atoms. The maximum atomic E-state index is 10.7. The van der Waals surface area contributed by atoms with Crippen LogP contribution in [-0.2, 0) is 18.4 Å². The van der Waals surface area contributed by atoms with Crippen molar-refractivity contribution in [2.24, 2.45) is 0 Å². The zero-order chi connectivity index (χ0) is 13.9. The van der Waals surface area contributed by atoms with Crippen LogP contribution in [0.3, 0.4) is 0 Å². The van der Waals surface area contributed by atoms with Gasteiger partial charge in [0.15, 0.2) is 0 Å². The van der Waals surface area contributed by atoms with Gasteiger partial charge in [0.2, 0.25) is 0 Å². The zero-order valence-corrected chi connectivity index (χ0v) is 12.5. The first-order valence-corrected chi connectivity index (χ1v) is 7.31. The predicted molar refractivity (Wildman–Crippen MR) is 80.0 cm³/mol. The predicted octanol–water partition coefficient (Wildman–Crippen LogP) is 3.77. The summed E-state index contributed by atoms with van der Waals surface area (Å²) in [7, 11) is 1.64. The van der Waals surface area contributed by atoms with Gasteiger partial charge in [-0.2, -0.15) is 0 Å². The zero-order valence-electron chi connectivity index (χ0n) is 11.6. The summed E-state index contributed by atoms with van der Waals surface area (Å²) in [6.07, 6.45) is 1.68. The van der Waals surface area contributed by atoms with E-state index in [9.17, 15) is 5.11 Å². The first kappa shape index (κ1) is 14.1. The molecule has 0 aliphatic heterocycles. The molecule has 102 valence electrons. The quantitative estimate of drug-likeness (QED) is 0.900. The SMILES string of the molecule is CCc1ccc(CC(C)(O)c2cccc(OC)c2)s1. The minimum absolute atomic E-state index is 0.630. The first-order valence-electron chi connectivity index (χ1n) is 6.49. The summed E-state index contributed by atoms with van der Waals surface area (Å²) in [4.78, 5) is 2.57. The maximum Gasteiger partial charge on any atom is 0.119 e. The summed E-state index contributed by atoms with van der Waals surface area (Å²) in [5.74, 6) is 0.776. The van der Waals surface area contributed by atoms with Gasteiger partial charge < -0.3 is 9.84 Å². The molecule has 3 heteroatoms. The van der Waals surface area contributed by atoms with Crippen LogP contribution in [0.5, 0.6) is 5.75 Å². The number of thiophene rings is 1. The molecule has 2 aromatic rings. The maximum absolute atomic E-state index is 10.7. The second-order valence-corrected chi connectivity index (χ2v) is 6.16. The van der Waals surface area contributed by atoms with E-state index in [0.29, 0.717) is 6.42 Å². The number of hydrogen-bond acceptors (Lipinski definition) is 3. The van der Waals surface area contributed by atoms with E-state index < -0.39 is 5.60 Å². The third kappa shape index (κ3) is 3.37. The number of ether oxygens (including phenoxy) is 1. The molecule has 1 aromatic carbocycles. The van der Waals surface area contributed by atoms with Gasteiger partial charge in [0.25, 0.3) is 0 Å². The van der Waals surface area contributed by atoms with Gasteiger partial charge in [0, 0.05) is 16.2 Å². The van der Waals surface area contributed by atoms with E-state index in [4.69, 9.17) is 4.74 Å². The van der Waals surface area contributed by atoms with E-state index in [1.54, 1.807) is 18.4 Å². The molecule has 0 saturated carbocycles. The van der Waals surface area contributed by atoms with Gasteiger partial charge in [0.05, 0.1) is 12.7 Å². The molecular formula is C16H20O2S. The summed E-state index contributed by atoms with van der Waals surface area (Å²) >= 11 is 1.77. The number of aliphatic hydroxyl groups is 1. The molecule has 0 radical (unpaired) electrons. The van der Waals surface area contributed by atoms with Crippen molar-refractivity contribution in [3.05, 3.63) is 51.7 Å². The summed E-state index contributed by atoms with van der Waals surface area (Å²) in [5.41, 5.74) is 0.0167. The Bertz CT molecular complexity index is 543. The average molecular weight is 276 g/mol. The molecule has 0 aliphatic rings. The van der Waals surface area contributed by atoms with E-state index in [1.807, 2.05) is 31.2 Å². The molecule has 1 atom stereocenters. The van der Waals surface area contributed by atoms with E-state index >= 15 is 0 Å². The normalized spacial score (nSPS) is 14.1. The van der Waals surface area contributed by atoms with Crippen molar-refractivity contribution in [3.63, 3.8) is 0 Å². The Morgan fingerprint density at radius 2 is 1.95 bits per heavy atom. The summed E-state index contributed by atoms with van der Waals surface area (Å²) in [6, 6.07) is 11.9. The van der Waals surface area contributed by atoms with Crippen molar-refractivity contribution in [1.82, 2.24) is 0 Å². The summed E-state index contributed by atoms with van der Waals surface area (Å²) in [5, 5.41) is 10.7. The van der Waals surface area contributed by atoms with Crippen molar-refractivity contribution in [3.8, 4) is 5.75 Å². The molecule has 1 unspecified atom stereocenters. The molecule has 1 aromatic heterocycles. The average Bonchev–Trinajstić information content (AvgIpc) is 2.85. The molecule has 0 bridgehead atoms. The molecule has 1 N–H and O–H groups in total. The Morgan fingerprint density at radius 1 is 1.21 bits per heavy atom. The van der Waals surface area contributed by atoms with Gasteiger partial charge in [-0.05, 0) is 43.2 Å². The van der Waals surface area contributed by atoms with Crippen molar-refractivity contribution >= 4 is 11.3 Å². The Balaban J connectivity index is 2.20. The largest absolute Gasteiger partial charge is 0.497 e. The molecule has 0 aliphatic carbocycles. The number of benzene rings is 1. The Kier molecular flexibility index (Phi) is 4.27. The highest BCUT2D eigenvalue weighted by atomic mass is 32.1. The van der Waals surface area contributed by atoms with Gasteiger partial charge in [0.1, 0.15) is 5.75 Å². The molecule has 0 amide bonds. The number of methoxy groups -OCH3 is 1. The van der Waals surface area contributed by atoms with Gasteiger partial charge in [-0.3, -0.25) is 0 Å². The fourth-order valence-electron chi connectivity index (χ4n) is 2.11. The van der Waals surface area contributed by atoms with Crippen molar-refractivity contribution in [2.75, 3.05) is 7.11 Å². The smallest absolute Gasteiger partial charge is 0.119 e. The number of hydrogen-bond donors (Lipinski definition) is 1. The van der Waals surface area contributed by atoms with Crippen LogP contribution in [0.1, 0.15) is 29.2 Å². The summed E-state index contributed by atoms with van der Waals surface area (Å²) in [6.45, 7) is 4.00. The van der Waals surface area contributed by atoms with Crippen LogP contribution in [-0.4, -0.2) is 12.2 Å². The lowest BCUT2D eigenvalue weighted by atomic mass is 9.92. The Morgan fingerprint density at radius 3 is 2.58 bits per heavy atom. The van der Waals surface area contributed by atoms with E-state index in [0.717, 1.165) is 17.7 Å². The van der Waals surface area contributed by atoms with Crippen LogP contribution in [0.25, 0.3) is 0 Å². The van der Waals surface area contributed by atoms with Crippen LogP contribution >= 0.6 is 11.3 Å². The molecular weight excluding hydrogens is 256 g/mol. The molecule has 2 nitrogen and oxygen atoms in total.